The van der Waals surface area contributed by atoms with Crippen molar-refractivity contribution in [2.45, 2.75) is 19.3 Å². The minimum atomic E-state index is -0.102. The number of hydrogen-bond donors (Lipinski definition) is 0. The first kappa shape index (κ1) is 31.7. The van der Waals surface area contributed by atoms with Crippen LogP contribution in [0.4, 0.5) is 0 Å². The Bertz CT molecular complexity index is 3160. The molecule has 0 heterocycles. The molecule has 10 aromatic carbocycles. The molecule has 0 nitrogen and oxygen atoms in total. The molecule has 1 aliphatic rings. The molecule has 0 aromatic heterocycles. The van der Waals surface area contributed by atoms with E-state index in [0.29, 0.717) is 0 Å². The lowest BCUT2D eigenvalue weighted by molar-refractivity contribution is 0.660. The van der Waals surface area contributed by atoms with Crippen LogP contribution in [0.15, 0.2) is 194 Å². The molecule has 0 heteroatoms. The smallest absolute Gasteiger partial charge is 0.0159 e. The molecule has 0 spiro atoms. The second kappa shape index (κ2) is 12.1. The monoisotopic (exact) mass is 698 g/mol. The molecule has 0 amide bonds. The molecule has 0 N–H and O–H groups in total. The quantitative estimate of drug-likeness (QED) is 0.161. The van der Waals surface area contributed by atoms with Gasteiger partial charge >= 0.3 is 0 Å². The predicted octanol–water partition coefficient (Wildman–Crippen LogP) is 15.3. The summed E-state index contributed by atoms with van der Waals surface area (Å²) >= 11 is 0. The molecule has 10 aromatic rings. The van der Waals surface area contributed by atoms with Crippen molar-refractivity contribution in [2.75, 3.05) is 0 Å². The van der Waals surface area contributed by atoms with E-state index >= 15 is 0 Å². The van der Waals surface area contributed by atoms with Crippen LogP contribution < -0.4 is 0 Å². The van der Waals surface area contributed by atoms with Gasteiger partial charge in [-0.2, -0.15) is 0 Å². The Morgan fingerprint density at radius 3 is 1.65 bits per heavy atom. The van der Waals surface area contributed by atoms with E-state index in [1.165, 1.54) is 110 Å². The van der Waals surface area contributed by atoms with Gasteiger partial charge in [-0.25, -0.2) is 0 Å². The summed E-state index contributed by atoms with van der Waals surface area (Å²) in [5.74, 6) is 0. The Labute approximate surface area is 322 Å². The van der Waals surface area contributed by atoms with Crippen molar-refractivity contribution in [3.63, 3.8) is 0 Å². The van der Waals surface area contributed by atoms with Gasteiger partial charge in [0.15, 0.2) is 0 Å². The van der Waals surface area contributed by atoms with E-state index in [4.69, 9.17) is 0 Å². The normalized spacial score (nSPS) is 13.1. The minimum Gasteiger partial charge on any atom is -0.0622 e. The second-order valence-corrected chi connectivity index (χ2v) is 15.6. The number of fused-ring (bicyclic) bond motifs is 7. The number of benzene rings is 10. The van der Waals surface area contributed by atoms with Crippen LogP contribution in [0.5, 0.6) is 0 Å². The van der Waals surface area contributed by atoms with Gasteiger partial charge in [-0.3, -0.25) is 0 Å². The van der Waals surface area contributed by atoms with E-state index in [0.717, 1.165) is 0 Å². The van der Waals surface area contributed by atoms with Crippen LogP contribution in [0.25, 0.3) is 98.7 Å². The highest BCUT2D eigenvalue weighted by atomic mass is 14.4. The van der Waals surface area contributed by atoms with Crippen LogP contribution >= 0.6 is 0 Å². The maximum absolute atomic E-state index is 2.49. The summed E-state index contributed by atoms with van der Waals surface area (Å²) < 4.78 is 0. The van der Waals surface area contributed by atoms with Crippen LogP contribution in [0.2, 0.25) is 0 Å². The van der Waals surface area contributed by atoms with Crippen LogP contribution in [0.3, 0.4) is 0 Å². The molecule has 11 rings (SSSR count). The van der Waals surface area contributed by atoms with Gasteiger partial charge < -0.3 is 0 Å². The Morgan fingerprint density at radius 2 is 0.836 bits per heavy atom. The fraction of sp³-hybridized carbons (Fsp3) is 0.0545. The van der Waals surface area contributed by atoms with E-state index in [1.807, 2.05) is 0 Å². The van der Waals surface area contributed by atoms with E-state index in [-0.39, 0.29) is 5.41 Å². The largest absolute Gasteiger partial charge is 0.0622 e. The van der Waals surface area contributed by atoms with Crippen LogP contribution in [-0.2, 0) is 5.41 Å². The second-order valence-electron chi connectivity index (χ2n) is 15.6. The maximum Gasteiger partial charge on any atom is 0.0159 e. The molecule has 0 bridgehead atoms. The molecule has 258 valence electrons. The Balaban J connectivity index is 1.29. The molecule has 0 saturated heterocycles. The Kier molecular flexibility index (Phi) is 7.00. The van der Waals surface area contributed by atoms with Gasteiger partial charge in [0.1, 0.15) is 0 Å². The minimum absolute atomic E-state index is 0.102. The molecule has 0 atom stereocenters. The highest BCUT2D eigenvalue weighted by molar-refractivity contribution is 6.26. The zero-order valence-electron chi connectivity index (χ0n) is 31.0. The van der Waals surface area contributed by atoms with Gasteiger partial charge in [0, 0.05) is 5.41 Å². The van der Waals surface area contributed by atoms with Crippen molar-refractivity contribution >= 4 is 43.1 Å². The summed E-state index contributed by atoms with van der Waals surface area (Å²) in [6, 6.07) is 72.3. The third-order valence-electron chi connectivity index (χ3n) is 12.3. The summed E-state index contributed by atoms with van der Waals surface area (Å²) in [4.78, 5) is 0. The van der Waals surface area contributed by atoms with Gasteiger partial charge in [0.25, 0.3) is 0 Å². The van der Waals surface area contributed by atoms with Crippen molar-refractivity contribution in [3.05, 3.63) is 205 Å². The molecule has 0 saturated carbocycles. The lowest BCUT2D eigenvalue weighted by atomic mass is 9.79. The molecule has 55 heavy (non-hydrogen) atoms. The summed E-state index contributed by atoms with van der Waals surface area (Å²) in [7, 11) is 0. The lowest BCUT2D eigenvalue weighted by Crippen LogP contribution is -2.14. The van der Waals surface area contributed by atoms with Crippen molar-refractivity contribution in [1.82, 2.24) is 0 Å². The fourth-order valence-electron chi connectivity index (χ4n) is 9.66. The van der Waals surface area contributed by atoms with E-state index in [1.54, 1.807) is 0 Å². The van der Waals surface area contributed by atoms with Crippen molar-refractivity contribution in [1.29, 1.82) is 0 Å². The molecule has 0 aliphatic heterocycles. The Hall–Kier alpha value is -6.76. The number of hydrogen-bond acceptors (Lipinski definition) is 0. The summed E-state index contributed by atoms with van der Waals surface area (Å²) in [6.45, 7) is 4.76. The SMILES string of the molecule is CC1(C)c2ccccc2-c2ccc(-c3c4ccccc4c(-c4c(-c5ccccc5)ccc5ccccc45)c4ccc(-c5cccc6ccccc56)cc34)cc21. The molecular formula is C55H38. The highest BCUT2D eigenvalue weighted by Crippen LogP contribution is 2.53. The van der Waals surface area contributed by atoms with E-state index in [9.17, 15) is 0 Å². The molecule has 1 aliphatic carbocycles. The van der Waals surface area contributed by atoms with Gasteiger partial charge in [0.2, 0.25) is 0 Å². The standard InChI is InChI=1S/C55H38/c1-55(2)50-26-13-12-22-44(50)45-31-29-39(34-51(45)55)52-46-23-10-11-24-47(46)54(53-42-21-9-7-18-37(42)27-30-43(53)36-15-4-3-5-16-36)48-32-28-38(33-49(48)52)41-25-14-19-35-17-6-8-20-40(35)41/h3-34H,1-2H3. The molecule has 0 fully saturated rings. The van der Waals surface area contributed by atoms with Gasteiger partial charge in [-0.05, 0) is 122 Å². The van der Waals surface area contributed by atoms with Crippen LogP contribution in [-0.4, -0.2) is 0 Å². The van der Waals surface area contributed by atoms with E-state index < -0.39 is 0 Å². The molecule has 0 radical (unpaired) electrons. The molecule has 0 unspecified atom stereocenters. The van der Waals surface area contributed by atoms with Crippen molar-refractivity contribution in [3.8, 4) is 55.6 Å². The predicted molar refractivity (Wildman–Crippen MR) is 236 cm³/mol. The lowest BCUT2D eigenvalue weighted by Gasteiger charge is -2.24. The summed E-state index contributed by atoms with van der Waals surface area (Å²) in [6.07, 6.45) is 0. The summed E-state index contributed by atoms with van der Waals surface area (Å²) in [5, 5.41) is 10.1. The zero-order chi connectivity index (χ0) is 36.7. The van der Waals surface area contributed by atoms with E-state index in [2.05, 4.69) is 208 Å². The first-order valence-corrected chi connectivity index (χ1v) is 19.4. The third kappa shape index (κ3) is 4.78. The first-order valence-electron chi connectivity index (χ1n) is 19.4. The van der Waals surface area contributed by atoms with Crippen LogP contribution in [0.1, 0.15) is 25.0 Å². The number of rotatable bonds is 4. The van der Waals surface area contributed by atoms with Crippen molar-refractivity contribution < 1.29 is 0 Å². The highest BCUT2D eigenvalue weighted by Gasteiger charge is 2.35. The summed E-state index contributed by atoms with van der Waals surface area (Å²) in [5.41, 5.74) is 15.4. The Morgan fingerprint density at radius 1 is 0.273 bits per heavy atom. The van der Waals surface area contributed by atoms with Gasteiger partial charge in [-0.15, -0.1) is 0 Å². The third-order valence-corrected chi connectivity index (χ3v) is 12.3. The topological polar surface area (TPSA) is 0 Å². The van der Waals surface area contributed by atoms with Crippen LogP contribution in [0, 0.1) is 0 Å². The average molecular weight is 699 g/mol. The maximum atomic E-state index is 2.49. The van der Waals surface area contributed by atoms with Crippen molar-refractivity contribution in [2.24, 2.45) is 0 Å². The fourth-order valence-corrected chi connectivity index (χ4v) is 9.66. The zero-order valence-corrected chi connectivity index (χ0v) is 31.0. The first-order chi connectivity index (χ1) is 27.1. The van der Waals surface area contributed by atoms with Gasteiger partial charge in [-0.1, -0.05) is 196 Å². The average Bonchev–Trinajstić information content (AvgIpc) is 3.47. The van der Waals surface area contributed by atoms with Gasteiger partial charge in [0.05, 0.1) is 0 Å². The molecular weight excluding hydrogens is 661 g/mol.